The molecule has 0 saturated carbocycles. The summed E-state index contributed by atoms with van der Waals surface area (Å²) in [5.74, 6) is 1.96. The van der Waals surface area contributed by atoms with E-state index in [4.69, 9.17) is 9.47 Å². The highest BCUT2D eigenvalue weighted by Gasteiger charge is 2.38. The molecule has 1 aromatic carbocycles. The van der Waals surface area contributed by atoms with Crippen molar-refractivity contribution in [2.75, 3.05) is 27.1 Å². The highest BCUT2D eigenvalue weighted by Crippen LogP contribution is 2.43. The minimum absolute atomic E-state index is 0. The van der Waals surface area contributed by atoms with E-state index in [-0.39, 0.29) is 19.6 Å². The Morgan fingerprint density at radius 3 is 2.72 bits per heavy atom. The molecule has 3 atom stereocenters. The molecular weight excluding hydrogens is 320 g/mol. The highest BCUT2D eigenvalue weighted by atomic mass is 18.2. The van der Waals surface area contributed by atoms with Crippen LogP contribution in [0.25, 0.3) is 0 Å². The van der Waals surface area contributed by atoms with Gasteiger partial charge in [0.25, 0.3) is 0 Å². The number of alkyl halides is 1. The Hall–Kier alpha value is -1.33. The van der Waals surface area contributed by atoms with Crippen LogP contribution < -0.4 is 9.47 Å². The average molecular weight is 352 g/mol. The fourth-order valence-electron chi connectivity index (χ4n) is 4.27. The van der Waals surface area contributed by atoms with Gasteiger partial charge < -0.3 is 14.6 Å². The lowest BCUT2D eigenvalue weighted by atomic mass is 9.79. The Morgan fingerprint density at radius 1 is 1.32 bits per heavy atom. The molecule has 0 amide bonds. The van der Waals surface area contributed by atoms with Gasteiger partial charge in [-0.15, -0.1) is 0 Å². The Labute approximate surface area is 150 Å². The molecule has 0 aliphatic carbocycles. The molecule has 0 aromatic heterocycles. The number of aliphatic hydroxyl groups is 1. The standard InChI is InChI=1S/C19H28FNO3.CH4/c1-12(2)6-14-10-21-5-4-13-7-19(24-11-20)18(23-3)8-15(13)16(21)9-17(14)22;/h7-8,12,14,16-17,22H,4-6,9-11H2,1-3H3;1H4/i20-1;. The molecule has 1 N–H and O–H groups in total. The van der Waals surface area contributed by atoms with Crippen molar-refractivity contribution >= 4 is 0 Å². The maximum atomic E-state index is 12.6. The second-order valence-corrected chi connectivity index (χ2v) is 7.41. The zero-order valence-corrected chi connectivity index (χ0v) is 14.8. The van der Waals surface area contributed by atoms with Crippen LogP contribution in [0.3, 0.4) is 0 Å². The van der Waals surface area contributed by atoms with Crippen molar-refractivity contribution in [1.82, 2.24) is 4.90 Å². The fraction of sp³-hybridized carbons (Fsp3) is 0.700. The Morgan fingerprint density at radius 2 is 2.08 bits per heavy atom. The number of benzene rings is 1. The summed E-state index contributed by atoms with van der Waals surface area (Å²) in [5.41, 5.74) is 2.36. The van der Waals surface area contributed by atoms with E-state index >= 15 is 0 Å². The number of hydrogen-bond acceptors (Lipinski definition) is 4. The molecule has 4 nitrogen and oxygen atoms in total. The highest BCUT2D eigenvalue weighted by molar-refractivity contribution is 5.49. The molecule has 2 heterocycles. The summed E-state index contributed by atoms with van der Waals surface area (Å²) < 4.78 is 23.0. The minimum atomic E-state index is -0.861. The molecule has 5 heteroatoms. The predicted octanol–water partition coefficient (Wildman–Crippen LogP) is 3.96. The molecule has 1 saturated heterocycles. The second-order valence-electron chi connectivity index (χ2n) is 7.41. The molecule has 25 heavy (non-hydrogen) atoms. The van der Waals surface area contributed by atoms with Gasteiger partial charge in [0.05, 0.1) is 13.2 Å². The number of halogens is 1. The summed E-state index contributed by atoms with van der Waals surface area (Å²) in [7, 11) is 1.57. The Balaban J connectivity index is 0.00000225. The van der Waals surface area contributed by atoms with E-state index in [2.05, 4.69) is 18.7 Å². The topological polar surface area (TPSA) is 41.9 Å². The molecule has 0 radical (unpaired) electrons. The van der Waals surface area contributed by atoms with E-state index in [9.17, 15) is 9.50 Å². The van der Waals surface area contributed by atoms with Crippen LogP contribution in [-0.2, 0) is 6.42 Å². The molecule has 142 valence electrons. The smallest absolute Gasteiger partial charge is 0.228 e. The van der Waals surface area contributed by atoms with Crippen LogP contribution in [0.4, 0.5) is 4.39 Å². The van der Waals surface area contributed by atoms with E-state index < -0.39 is 6.86 Å². The van der Waals surface area contributed by atoms with E-state index in [0.717, 1.165) is 32.4 Å². The summed E-state index contributed by atoms with van der Waals surface area (Å²) in [6.07, 6.45) is 2.45. The summed E-state index contributed by atoms with van der Waals surface area (Å²) >= 11 is 0. The van der Waals surface area contributed by atoms with Crippen LogP contribution in [0, 0.1) is 11.8 Å². The van der Waals surface area contributed by atoms with Crippen LogP contribution in [0.1, 0.15) is 51.3 Å². The quantitative estimate of drug-likeness (QED) is 0.871. The Kier molecular flexibility index (Phi) is 6.69. The fourth-order valence-corrected chi connectivity index (χ4v) is 4.27. The largest absolute Gasteiger partial charge is 0.493 e. The maximum Gasteiger partial charge on any atom is 0.228 e. The van der Waals surface area contributed by atoms with Gasteiger partial charge in [-0.3, -0.25) is 4.90 Å². The number of piperidine rings is 1. The van der Waals surface area contributed by atoms with Gasteiger partial charge in [-0.1, -0.05) is 21.3 Å². The molecule has 2 aliphatic heterocycles. The van der Waals surface area contributed by atoms with Crippen LogP contribution in [0.15, 0.2) is 12.1 Å². The third kappa shape index (κ3) is 4.09. The monoisotopic (exact) mass is 352 g/mol. The lowest BCUT2D eigenvalue weighted by Gasteiger charge is -2.46. The first-order valence-electron chi connectivity index (χ1n) is 8.85. The van der Waals surface area contributed by atoms with Crippen molar-refractivity contribution in [2.45, 2.75) is 52.7 Å². The predicted molar refractivity (Wildman–Crippen MR) is 97.9 cm³/mol. The van der Waals surface area contributed by atoms with Gasteiger partial charge in [0.1, 0.15) is 0 Å². The normalized spacial score (nSPS) is 25.8. The van der Waals surface area contributed by atoms with Crippen molar-refractivity contribution in [3.63, 3.8) is 0 Å². The van der Waals surface area contributed by atoms with Gasteiger partial charge in [0.2, 0.25) is 6.86 Å². The van der Waals surface area contributed by atoms with Crippen molar-refractivity contribution in [2.24, 2.45) is 11.8 Å². The molecule has 0 bridgehead atoms. The number of methoxy groups -OCH3 is 1. The molecule has 1 aromatic rings. The van der Waals surface area contributed by atoms with Gasteiger partial charge in [0.15, 0.2) is 11.5 Å². The first-order valence-corrected chi connectivity index (χ1v) is 8.85. The van der Waals surface area contributed by atoms with Crippen molar-refractivity contribution in [3.05, 3.63) is 23.3 Å². The van der Waals surface area contributed by atoms with Crippen molar-refractivity contribution in [3.8, 4) is 11.5 Å². The van der Waals surface area contributed by atoms with E-state index in [1.165, 1.54) is 11.1 Å². The number of nitrogens with zero attached hydrogens (tertiary/aromatic N) is 1. The minimum Gasteiger partial charge on any atom is -0.493 e. The van der Waals surface area contributed by atoms with Crippen LogP contribution in [0.2, 0.25) is 0 Å². The second kappa shape index (κ2) is 8.37. The number of aliphatic hydroxyl groups excluding tert-OH is 1. The van der Waals surface area contributed by atoms with Gasteiger partial charge in [-0.2, -0.15) is 0 Å². The first-order chi connectivity index (χ1) is 11.5. The van der Waals surface area contributed by atoms with Gasteiger partial charge in [0, 0.05) is 19.1 Å². The van der Waals surface area contributed by atoms with Crippen molar-refractivity contribution in [1.29, 1.82) is 0 Å². The average Bonchev–Trinajstić information content (AvgIpc) is 2.55. The summed E-state index contributed by atoms with van der Waals surface area (Å²) in [4.78, 5) is 2.48. The third-order valence-electron chi connectivity index (χ3n) is 5.36. The zero-order chi connectivity index (χ0) is 17.3. The SMILES string of the molecule is C.COc1cc2c(cc1OC[18F])CCN1CC(CC(C)C)C(O)CC21. The number of rotatable bonds is 5. The molecule has 2 aliphatic rings. The molecule has 3 rings (SSSR count). The molecular formula is C20H32FNO3. The van der Waals surface area contributed by atoms with Gasteiger partial charge >= 0.3 is 0 Å². The van der Waals surface area contributed by atoms with Crippen LogP contribution in [-0.4, -0.2) is 43.2 Å². The number of fused-ring (bicyclic) bond motifs is 3. The molecule has 3 unspecified atom stereocenters. The summed E-state index contributed by atoms with van der Waals surface area (Å²) in [6.45, 7) is 5.47. The van der Waals surface area contributed by atoms with E-state index in [0.29, 0.717) is 23.3 Å². The zero-order valence-electron chi connectivity index (χ0n) is 14.8. The lowest BCUT2D eigenvalue weighted by Crippen LogP contribution is -2.48. The van der Waals surface area contributed by atoms with Crippen molar-refractivity contribution < 1.29 is 19.0 Å². The first kappa shape index (κ1) is 20.0. The Bertz CT molecular complexity index is 578. The lowest BCUT2D eigenvalue weighted by molar-refractivity contribution is -0.0192. The number of hydrogen-bond donors (Lipinski definition) is 1. The molecule has 1 fully saturated rings. The van der Waals surface area contributed by atoms with E-state index in [1.807, 2.05) is 12.1 Å². The molecule has 0 spiro atoms. The van der Waals surface area contributed by atoms with Crippen LogP contribution in [0.5, 0.6) is 11.5 Å². The van der Waals surface area contributed by atoms with E-state index in [1.54, 1.807) is 7.11 Å². The summed E-state index contributed by atoms with van der Waals surface area (Å²) in [6, 6.07) is 4.07. The summed E-state index contributed by atoms with van der Waals surface area (Å²) in [5, 5.41) is 10.6. The van der Waals surface area contributed by atoms with Gasteiger partial charge in [-0.25, -0.2) is 4.39 Å². The third-order valence-corrected chi connectivity index (χ3v) is 5.36. The number of ether oxygens (including phenoxy) is 2. The van der Waals surface area contributed by atoms with Crippen LogP contribution >= 0.6 is 0 Å². The maximum absolute atomic E-state index is 12.6. The van der Waals surface area contributed by atoms with Gasteiger partial charge in [-0.05, 0) is 54.4 Å².